The molecule has 2 aromatic rings. The third kappa shape index (κ3) is 4.46. The Hall–Kier alpha value is -2.72. The van der Waals surface area contributed by atoms with Crippen molar-refractivity contribution in [2.75, 3.05) is 18.5 Å². The van der Waals surface area contributed by atoms with Crippen LogP contribution in [0.5, 0.6) is 0 Å². The highest BCUT2D eigenvalue weighted by atomic mass is 32.2. The quantitative estimate of drug-likeness (QED) is 0.617. The number of nitrogens with zero attached hydrogens (tertiary/aromatic N) is 1. The summed E-state index contributed by atoms with van der Waals surface area (Å²) in [4.78, 5) is 24.0. The van der Waals surface area contributed by atoms with Crippen molar-refractivity contribution in [1.82, 2.24) is 14.9 Å². The maximum Gasteiger partial charge on any atom is 0.340 e. The molecule has 1 amide bonds. The number of hydrogen-bond acceptors (Lipinski definition) is 6. The van der Waals surface area contributed by atoms with Crippen molar-refractivity contribution < 1.29 is 22.7 Å². The number of carbonyl (C=O) groups excluding carboxylic acids is 2. The average molecular weight is 380 g/mol. The number of aromatic amines is 1. The lowest BCUT2D eigenvalue weighted by atomic mass is 10.2. The number of anilines is 1. The van der Waals surface area contributed by atoms with Gasteiger partial charge in [0.25, 0.3) is 0 Å². The Morgan fingerprint density at radius 2 is 1.92 bits per heavy atom. The zero-order valence-electron chi connectivity index (χ0n) is 14.6. The van der Waals surface area contributed by atoms with Gasteiger partial charge in [-0.3, -0.25) is 9.89 Å². The second-order valence-electron chi connectivity index (χ2n) is 5.40. The lowest BCUT2D eigenvalue weighted by Crippen LogP contribution is -2.33. The molecule has 3 N–H and O–H groups in total. The molecule has 0 spiro atoms. The van der Waals surface area contributed by atoms with Crippen molar-refractivity contribution in [3.63, 3.8) is 0 Å². The molecule has 140 valence electrons. The zero-order chi connectivity index (χ0) is 19.3. The van der Waals surface area contributed by atoms with E-state index in [9.17, 15) is 18.0 Å². The van der Waals surface area contributed by atoms with Crippen LogP contribution in [0.1, 0.15) is 28.7 Å². The molecule has 0 bridgehead atoms. The molecule has 1 aromatic heterocycles. The number of rotatable bonds is 7. The van der Waals surface area contributed by atoms with E-state index in [1.165, 1.54) is 12.1 Å². The molecule has 26 heavy (non-hydrogen) atoms. The van der Waals surface area contributed by atoms with Gasteiger partial charge < -0.3 is 10.1 Å². The summed E-state index contributed by atoms with van der Waals surface area (Å²) in [7, 11) is -3.90. The maximum atomic E-state index is 12.3. The number of ether oxygens (including phenoxy) is 1. The van der Waals surface area contributed by atoms with Gasteiger partial charge in [0, 0.05) is 0 Å². The van der Waals surface area contributed by atoms with E-state index in [1.807, 2.05) is 0 Å². The first-order valence-corrected chi connectivity index (χ1v) is 9.31. The number of carbonyl (C=O) groups is 2. The van der Waals surface area contributed by atoms with Gasteiger partial charge in [-0.05, 0) is 32.9 Å². The minimum atomic E-state index is -3.90. The number of H-pyrrole nitrogens is 1. The summed E-state index contributed by atoms with van der Waals surface area (Å²) in [5, 5.41) is 8.92. The third-order valence-electron chi connectivity index (χ3n) is 3.45. The van der Waals surface area contributed by atoms with E-state index in [4.69, 9.17) is 4.74 Å². The minimum absolute atomic E-state index is 0.0113. The largest absolute Gasteiger partial charge is 0.462 e. The molecule has 0 saturated heterocycles. The lowest BCUT2D eigenvalue weighted by Gasteiger charge is -2.11. The minimum Gasteiger partial charge on any atom is -0.462 e. The first-order chi connectivity index (χ1) is 12.3. The number of sulfonamides is 1. The fourth-order valence-corrected chi connectivity index (χ4v) is 3.69. The van der Waals surface area contributed by atoms with E-state index in [0.29, 0.717) is 11.4 Å². The molecule has 0 unspecified atom stereocenters. The fourth-order valence-electron chi connectivity index (χ4n) is 2.34. The highest BCUT2D eigenvalue weighted by molar-refractivity contribution is 7.89. The molecule has 0 saturated carbocycles. The Morgan fingerprint density at radius 1 is 1.23 bits per heavy atom. The molecular weight excluding hydrogens is 360 g/mol. The number of para-hydroxylation sites is 1. The number of aromatic nitrogens is 2. The van der Waals surface area contributed by atoms with E-state index in [0.717, 1.165) is 0 Å². The summed E-state index contributed by atoms with van der Waals surface area (Å²) >= 11 is 0. The highest BCUT2D eigenvalue weighted by Crippen LogP contribution is 2.17. The molecule has 0 aliphatic rings. The van der Waals surface area contributed by atoms with Crippen LogP contribution in [0.15, 0.2) is 29.2 Å². The standard InChI is InChI=1S/C16H20N4O5S/c1-4-25-16(22)12-7-5-6-8-13(12)18-14(21)9-17-26(23,24)15-10(2)19-20-11(15)3/h5-8,17H,4,9H2,1-3H3,(H,18,21)(H,19,20). The van der Waals surface area contributed by atoms with Crippen LogP contribution < -0.4 is 10.0 Å². The molecule has 0 fully saturated rings. The molecular formula is C16H20N4O5S. The number of benzene rings is 1. The van der Waals surface area contributed by atoms with Crippen LogP contribution in [0, 0.1) is 13.8 Å². The van der Waals surface area contributed by atoms with Crippen LogP contribution in [0.25, 0.3) is 0 Å². The van der Waals surface area contributed by atoms with E-state index >= 15 is 0 Å². The molecule has 9 nitrogen and oxygen atoms in total. The Balaban J connectivity index is 2.07. The normalized spacial score (nSPS) is 11.2. The zero-order valence-corrected chi connectivity index (χ0v) is 15.4. The van der Waals surface area contributed by atoms with E-state index < -0.39 is 28.4 Å². The van der Waals surface area contributed by atoms with E-state index in [-0.39, 0.29) is 22.8 Å². The Kier molecular flexibility index (Phi) is 6.11. The first-order valence-electron chi connectivity index (χ1n) is 7.83. The van der Waals surface area contributed by atoms with E-state index in [1.54, 1.807) is 32.9 Å². The van der Waals surface area contributed by atoms with Crippen molar-refractivity contribution in [1.29, 1.82) is 0 Å². The van der Waals surface area contributed by atoms with Crippen LogP contribution in [0.4, 0.5) is 5.69 Å². The first kappa shape index (κ1) is 19.6. The monoisotopic (exact) mass is 380 g/mol. The second kappa shape index (κ2) is 8.11. The van der Waals surface area contributed by atoms with Crippen molar-refractivity contribution in [2.24, 2.45) is 0 Å². The van der Waals surface area contributed by atoms with Crippen molar-refractivity contribution >= 4 is 27.6 Å². The number of nitrogens with one attached hydrogen (secondary N) is 3. The van der Waals surface area contributed by atoms with Crippen LogP contribution in [0.3, 0.4) is 0 Å². The molecule has 0 aliphatic heterocycles. The number of esters is 1. The summed E-state index contributed by atoms with van der Waals surface area (Å²) in [5.41, 5.74) is 1.11. The molecule has 10 heteroatoms. The van der Waals surface area contributed by atoms with Gasteiger partial charge in [0.15, 0.2) is 0 Å². The third-order valence-corrected chi connectivity index (χ3v) is 5.11. The number of aryl methyl sites for hydroxylation is 2. The lowest BCUT2D eigenvalue weighted by molar-refractivity contribution is -0.115. The van der Waals surface area contributed by atoms with Crippen LogP contribution in [-0.2, 0) is 19.6 Å². The van der Waals surface area contributed by atoms with Gasteiger partial charge in [-0.1, -0.05) is 12.1 Å². The van der Waals surface area contributed by atoms with Gasteiger partial charge in [0.1, 0.15) is 4.90 Å². The summed E-state index contributed by atoms with van der Waals surface area (Å²) in [6.07, 6.45) is 0. The Bertz CT molecular complexity index is 901. The summed E-state index contributed by atoms with van der Waals surface area (Å²) < 4.78 is 31.8. The van der Waals surface area contributed by atoms with Crippen molar-refractivity contribution in [2.45, 2.75) is 25.7 Å². The summed E-state index contributed by atoms with van der Waals surface area (Å²) in [6.45, 7) is 4.50. The molecule has 1 heterocycles. The van der Waals surface area contributed by atoms with Crippen LogP contribution in [0.2, 0.25) is 0 Å². The SMILES string of the molecule is CCOC(=O)c1ccccc1NC(=O)CNS(=O)(=O)c1c(C)n[nH]c1C. The van der Waals surface area contributed by atoms with Gasteiger partial charge in [-0.2, -0.15) is 5.10 Å². The van der Waals surface area contributed by atoms with Crippen LogP contribution in [-0.4, -0.2) is 43.6 Å². The molecule has 0 radical (unpaired) electrons. The van der Waals surface area contributed by atoms with Gasteiger partial charge in [0.05, 0.1) is 35.8 Å². The summed E-state index contributed by atoms with van der Waals surface area (Å²) in [6, 6.07) is 6.31. The predicted molar refractivity (Wildman–Crippen MR) is 94.3 cm³/mol. The number of amides is 1. The topological polar surface area (TPSA) is 130 Å². The highest BCUT2D eigenvalue weighted by Gasteiger charge is 2.23. The molecule has 1 aromatic carbocycles. The molecule has 0 aliphatic carbocycles. The summed E-state index contributed by atoms with van der Waals surface area (Å²) in [5.74, 6) is -1.20. The van der Waals surface area contributed by atoms with Crippen LogP contribution >= 0.6 is 0 Å². The van der Waals surface area contributed by atoms with Gasteiger partial charge >= 0.3 is 5.97 Å². The maximum absolute atomic E-state index is 12.3. The van der Waals surface area contributed by atoms with Crippen molar-refractivity contribution in [3.8, 4) is 0 Å². The Morgan fingerprint density at radius 3 is 2.54 bits per heavy atom. The van der Waals surface area contributed by atoms with Gasteiger partial charge in [0.2, 0.25) is 15.9 Å². The molecule has 2 rings (SSSR count). The molecule has 0 atom stereocenters. The van der Waals surface area contributed by atoms with E-state index in [2.05, 4.69) is 20.2 Å². The van der Waals surface area contributed by atoms with Crippen molar-refractivity contribution in [3.05, 3.63) is 41.2 Å². The average Bonchev–Trinajstić information content (AvgIpc) is 2.93. The number of hydrogen-bond donors (Lipinski definition) is 3. The fraction of sp³-hybridized carbons (Fsp3) is 0.312. The van der Waals surface area contributed by atoms with Gasteiger partial charge in [-0.25, -0.2) is 17.9 Å². The van der Waals surface area contributed by atoms with Gasteiger partial charge in [-0.15, -0.1) is 0 Å². The Labute approximate surface area is 151 Å². The smallest absolute Gasteiger partial charge is 0.340 e. The second-order valence-corrected chi connectivity index (χ2v) is 7.11. The predicted octanol–water partition coefficient (Wildman–Crippen LogP) is 1.12.